The SMILES string of the molecule is COC(=O)c1cc(C(C)(C)C)c(O)cc1F. The molecule has 16 heavy (non-hydrogen) atoms. The first kappa shape index (κ1) is 12.5. The predicted octanol–water partition coefficient (Wildman–Crippen LogP) is 2.62. The standard InChI is InChI=1S/C12H15FO3/c1-12(2,3)8-5-7(11(15)16-4)9(13)6-10(8)14/h5-6,14H,1-4H3. The van der Waals surface area contributed by atoms with E-state index in [-0.39, 0.29) is 16.7 Å². The number of aromatic hydroxyl groups is 1. The number of methoxy groups -OCH3 is 1. The first-order valence-corrected chi connectivity index (χ1v) is 4.88. The van der Waals surface area contributed by atoms with E-state index < -0.39 is 11.8 Å². The Morgan fingerprint density at radius 3 is 2.38 bits per heavy atom. The Hall–Kier alpha value is -1.58. The van der Waals surface area contributed by atoms with E-state index in [0.29, 0.717) is 5.56 Å². The van der Waals surface area contributed by atoms with Crippen molar-refractivity contribution in [1.82, 2.24) is 0 Å². The minimum Gasteiger partial charge on any atom is -0.508 e. The highest BCUT2D eigenvalue weighted by molar-refractivity contribution is 5.90. The summed E-state index contributed by atoms with van der Waals surface area (Å²) in [7, 11) is 1.19. The predicted molar refractivity (Wildman–Crippen MR) is 58.1 cm³/mol. The molecule has 0 saturated carbocycles. The van der Waals surface area contributed by atoms with Gasteiger partial charge in [0.25, 0.3) is 0 Å². The van der Waals surface area contributed by atoms with Crippen molar-refractivity contribution in [1.29, 1.82) is 0 Å². The highest BCUT2D eigenvalue weighted by Gasteiger charge is 2.23. The summed E-state index contributed by atoms with van der Waals surface area (Å²) < 4.78 is 17.9. The van der Waals surface area contributed by atoms with Crippen molar-refractivity contribution in [2.45, 2.75) is 26.2 Å². The van der Waals surface area contributed by atoms with Crippen LogP contribution in [0.1, 0.15) is 36.7 Å². The van der Waals surface area contributed by atoms with Crippen molar-refractivity contribution in [3.8, 4) is 5.75 Å². The second-order valence-corrected chi connectivity index (χ2v) is 4.59. The number of carbonyl (C=O) groups is 1. The Morgan fingerprint density at radius 1 is 1.38 bits per heavy atom. The molecular formula is C12H15FO3. The normalized spacial score (nSPS) is 11.3. The molecule has 0 radical (unpaired) electrons. The molecule has 0 spiro atoms. The molecule has 0 amide bonds. The molecule has 0 fully saturated rings. The second kappa shape index (κ2) is 4.12. The van der Waals surface area contributed by atoms with E-state index in [9.17, 15) is 14.3 Å². The van der Waals surface area contributed by atoms with Gasteiger partial charge in [-0.2, -0.15) is 0 Å². The molecule has 1 rings (SSSR count). The molecule has 3 nitrogen and oxygen atoms in total. The summed E-state index contributed by atoms with van der Waals surface area (Å²) in [6, 6.07) is 2.27. The van der Waals surface area contributed by atoms with Crippen LogP contribution in [0, 0.1) is 5.82 Å². The van der Waals surface area contributed by atoms with Crippen LogP contribution >= 0.6 is 0 Å². The molecule has 0 saturated heterocycles. The summed E-state index contributed by atoms with van der Waals surface area (Å²) >= 11 is 0. The average molecular weight is 226 g/mol. The summed E-state index contributed by atoms with van der Waals surface area (Å²) in [6.07, 6.45) is 0. The molecule has 1 aromatic carbocycles. The molecule has 4 heteroatoms. The maximum absolute atomic E-state index is 13.4. The molecule has 88 valence electrons. The third-order valence-electron chi connectivity index (χ3n) is 2.30. The van der Waals surface area contributed by atoms with Gasteiger partial charge in [-0.15, -0.1) is 0 Å². The monoisotopic (exact) mass is 226 g/mol. The maximum atomic E-state index is 13.4. The Bertz CT molecular complexity index is 419. The number of rotatable bonds is 1. The number of phenolic OH excluding ortho intramolecular Hbond substituents is 1. The summed E-state index contributed by atoms with van der Waals surface area (Å²) in [4.78, 5) is 11.3. The fourth-order valence-electron chi connectivity index (χ4n) is 1.43. The molecule has 0 unspecified atom stereocenters. The fourth-order valence-corrected chi connectivity index (χ4v) is 1.43. The Kier molecular flexibility index (Phi) is 3.21. The first-order valence-electron chi connectivity index (χ1n) is 4.88. The molecule has 1 aromatic rings. The van der Waals surface area contributed by atoms with E-state index >= 15 is 0 Å². The van der Waals surface area contributed by atoms with Crippen LogP contribution in [-0.2, 0) is 10.2 Å². The number of halogens is 1. The minimum absolute atomic E-state index is 0.155. The van der Waals surface area contributed by atoms with E-state index in [0.717, 1.165) is 6.07 Å². The van der Waals surface area contributed by atoms with Gasteiger partial charge in [0.1, 0.15) is 11.6 Å². The quantitative estimate of drug-likeness (QED) is 0.749. The van der Waals surface area contributed by atoms with Gasteiger partial charge in [-0.05, 0) is 11.5 Å². The van der Waals surface area contributed by atoms with Gasteiger partial charge in [0.2, 0.25) is 0 Å². The summed E-state index contributed by atoms with van der Waals surface area (Å²) in [5, 5.41) is 9.61. The van der Waals surface area contributed by atoms with Crippen LogP contribution in [0.2, 0.25) is 0 Å². The molecule has 0 atom stereocenters. The lowest BCUT2D eigenvalue weighted by molar-refractivity contribution is 0.0595. The van der Waals surface area contributed by atoms with Crippen molar-refractivity contribution < 1.29 is 19.0 Å². The summed E-state index contributed by atoms with van der Waals surface area (Å²) in [6.45, 7) is 5.59. The van der Waals surface area contributed by atoms with Gasteiger partial charge in [-0.1, -0.05) is 20.8 Å². The highest BCUT2D eigenvalue weighted by atomic mass is 19.1. The number of hydrogen-bond donors (Lipinski definition) is 1. The number of phenols is 1. The summed E-state index contributed by atoms with van der Waals surface area (Å²) in [5.74, 6) is -1.68. The third kappa shape index (κ3) is 2.32. The van der Waals surface area contributed by atoms with E-state index in [2.05, 4.69) is 4.74 Å². The lowest BCUT2D eigenvalue weighted by Gasteiger charge is -2.21. The second-order valence-electron chi connectivity index (χ2n) is 4.59. The molecule has 0 aliphatic heterocycles. The fraction of sp³-hybridized carbons (Fsp3) is 0.417. The van der Waals surface area contributed by atoms with Crippen molar-refractivity contribution in [2.24, 2.45) is 0 Å². The third-order valence-corrected chi connectivity index (χ3v) is 2.30. The van der Waals surface area contributed by atoms with Crippen molar-refractivity contribution in [2.75, 3.05) is 7.11 Å². The van der Waals surface area contributed by atoms with Crippen molar-refractivity contribution in [3.05, 3.63) is 29.1 Å². The van der Waals surface area contributed by atoms with Crippen molar-refractivity contribution >= 4 is 5.97 Å². The molecule has 0 heterocycles. The Morgan fingerprint density at radius 2 is 1.94 bits per heavy atom. The number of hydrogen-bond acceptors (Lipinski definition) is 3. The lowest BCUT2D eigenvalue weighted by Crippen LogP contribution is -2.14. The van der Waals surface area contributed by atoms with E-state index in [4.69, 9.17) is 0 Å². The lowest BCUT2D eigenvalue weighted by atomic mass is 9.85. The Balaban J connectivity index is 3.39. The van der Waals surface area contributed by atoms with Gasteiger partial charge in [0, 0.05) is 11.6 Å². The zero-order valence-corrected chi connectivity index (χ0v) is 9.80. The minimum atomic E-state index is -0.780. The van der Waals surface area contributed by atoms with Gasteiger partial charge in [0.05, 0.1) is 12.7 Å². The number of carbonyl (C=O) groups excluding carboxylic acids is 1. The van der Waals surface area contributed by atoms with Crippen LogP contribution in [0.25, 0.3) is 0 Å². The molecule has 0 aromatic heterocycles. The van der Waals surface area contributed by atoms with Gasteiger partial charge in [-0.3, -0.25) is 0 Å². The van der Waals surface area contributed by atoms with Gasteiger partial charge < -0.3 is 9.84 Å². The number of ether oxygens (including phenoxy) is 1. The molecule has 1 N–H and O–H groups in total. The van der Waals surface area contributed by atoms with Crippen LogP contribution < -0.4 is 0 Å². The first-order chi connectivity index (χ1) is 7.27. The maximum Gasteiger partial charge on any atom is 0.340 e. The van der Waals surface area contributed by atoms with Gasteiger partial charge in [0.15, 0.2) is 0 Å². The Labute approximate surface area is 93.9 Å². The molecule has 0 bridgehead atoms. The zero-order chi connectivity index (χ0) is 12.5. The largest absolute Gasteiger partial charge is 0.508 e. The molecular weight excluding hydrogens is 211 g/mol. The van der Waals surface area contributed by atoms with Crippen LogP contribution in [0.15, 0.2) is 12.1 Å². The zero-order valence-electron chi connectivity index (χ0n) is 9.80. The smallest absolute Gasteiger partial charge is 0.340 e. The van der Waals surface area contributed by atoms with Crippen LogP contribution in [0.3, 0.4) is 0 Å². The van der Waals surface area contributed by atoms with Crippen molar-refractivity contribution in [3.63, 3.8) is 0 Å². The summed E-state index contributed by atoms with van der Waals surface area (Å²) in [5.41, 5.74) is -0.0277. The highest BCUT2D eigenvalue weighted by Crippen LogP contribution is 2.32. The topological polar surface area (TPSA) is 46.5 Å². The van der Waals surface area contributed by atoms with Crippen LogP contribution in [-0.4, -0.2) is 18.2 Å². The average Bonchev–Trinajstić information content (AvgIpc) is 2.14. The molecule has 0 aliphatic rings. The van der Waals surface area contributed by atoms with E-state index in [1.54, 1.807) is 0 Å². The van der Waals surface area contributed by atoms with E-state index in [1.165, 1.54) is 13.2 Å². The van der Waals surface area contributed by atoms with E-state index in [1.807, 2.05) is 20.8 Å². The number of esters is 1. The van der Waals surface area contributed by atoms with Gasteiger partial charge >= 0.3 is 5.97 Å². The number of benzene rings is 1. The van der Waals surface area contributed by atoms with Gasteiger partial charge in [-0.25, -0.2) is 9.18 Å². The van der Waals surface area contributed by atoms with Crippen LogP contribution in [0.4, 0.5) is 4.39 Å². The molecule has 0 aliphatic carbocycles. The van der Waals surface area contributed by atoms with Crippen LogP contribution in [0.5, 0.6) is 5.75 Å².